The molecule has 0 aliphatic rings. The third-order valence-corrected chi connectivity index (χ3v) is 4.31. The van der Waals surface area contributed by atoms with Crippen molar-refractivity contribution in [2.75, 3.05) is 5.75 Å². The molecular weight excluding hydrogens is 242 g/mol. The Morgan fingerprint density at radius 2 is 1.94 bits per heavy atom. The van der Waals surface area contributed by atoms with Crippen molar-refractivity contribution in [2.45, 2.75) is 59.8 Å². The van der Waals surface area contributed by atoms with E-state index < -0.39 is 0 Å². The highest BCUT2D eigenvalue weighted by atomic mass is 32.2. The summed E-state index contributed by atoms with van der Waals surface area (Å²) in [6.45, 7) is 12.0. The zero-order chi connectivity index (χ0) is 14.0. The summed E-state index contributed by atoms with van der Waals surface area (Å²) in [6.07, 6.45) is 5.55. The fourth-order valence-corrected chi connectivity index (χ4v) is 2.81. The van der Waals surface area contributed by atoms with Gasteiger partial charge in [0, 0.05) is 5.75 Å². The van der Waals surface area contributed by atoms with Crippen molar-refractivity contribution in [2.24, 2.45) is 10.9 Å². The third kappa shape index (κ3) is 7.00. The van der Waals surface area contributed by atoms with Gasteiger partial charge in [-0.05, 0) is 31.9 Å². The number of hydrogen-bond acceptors (Lipinski definition) is 2. The first-order valence-electron chi connectivity index (χ1n) is 6.92. The molecule has 0 saturated carbocycles. The molecular formula is C15H27NOS. The van der Waals surface area contributed by atoms with Gasteiger partial charge in [-0.2, -0.15) is 0 Å². The standard InChI is InChI=1S/C15H27NOS/c1-6-8-9-10-13(7-2)14(15(17)16-5)18-11-12(3)4/h12H,5-11H2,1-4H3/b14-13-. The van der Waals surface area contributed by atoms with Gasteiger partial charge in [-0.15, -0.1) is 11.8 Å². The first-order chi connectivity index (χ1) is 8.56. The summed E-state index contributed by atoms with van der Waals surface area (Å²) in [5.74, 6) is 1.40. The molecule has 0 aliphatic carbocycles. The molecule has 0 aromatic carbocycles. The lowest BCUT2D eigenvalue weighted by Crippen LogP contribution is -2.03. The number of rotatable bonds is 9. The second-order valence-electron chi connectivity index (χ2n) is 4.91. The monoisotopic (exact) mass is 269 g/mol. The number of carbonyl (C=O) groups is 1. The predicted octanol–water partition coefficient (Wildman–Crippen LogP) is 4.85. The molecule has 0 heterocycles. The number of nitrogens with zero attached hydrogens (tertiary/aromatic N) is 1. The average molecular weight is 269 g/mol. The molecule has 0 fully saturated rings. The highest BCUT2D eigenvalue weighted by Gasteiger charge is 2.14. The summed E-state index contributed by atoms with van der Waals surface area (Å²) in [5, 5.41) is 0. The van der Waals surface area contributed by atoms with Crippen LogP contribution in [0, 0.1) is 5.92 Å². The fourth-order valence-electron chi connectivity index (χ4n) is 1.68. The van der Waals surface area contributed by atoms with Gasteiger partial charge >= 0.3 is 0 Å². The van der Waals surface area contributed by atoms with Crippen LogP contribution in [-0.4, -0.2) is 18.4 Å². The summed E-state index contributed by atoms with van der Waals surface area (Å²) in [7, 11) is 0. The Hall–Kier alpha value is -0.570. The molecule has 0 aromatic rings. The minimum atomic E-state index is -0.144. The second-order valence-corrected chi connectivity index (χ2v) is 5.94. The molecule has 2 nitrogen and oxygen atoms in total. The Balaban J connectivity index is 4.81. The average Bonchev–Trinajstić information content (AvgIpc) is 2.36. The van der Waals surface area contributed by atoms with E-state index in [9.17, 15) is 4.79 Å². The number of hydrogen-bond donors (Lipinski definition) is 0. The molecule has 18 heavy (non-hydrogen) atoms. The molecule has 0 saturated heterocycles. The van der Waals surface area contributed by atoms with Crippen LogP contribution >= 0.6 is 11.8 Å². The van der Waals surface area contributed by atoms with Gasteiger partial charge in [-0.1, -0.05) is 46.1 Å². The Morgan fingerprint density at radius 1 is 1.28 bits per heavy atom. The molecule has 0 aliphatic heterocycles. The Labute approximate surface area is 116 Å². The van der Waals surface area contributed by atoms with Crippen molar-refractivity contribution in [1.29, 1.82) is 0 Å². The topological polar surface area (TPSA) is 29.4 Å². The van der Waals surface area contributed by atoms with Crippen LogP contribution in [0.15, 0.2) is 15.5 Å². The number of thioether (sulfide) groups is 1. The van der Waals surface area contributed by atoms with Gasteiger partial charge < -0.3 is 0 Å². The maximum absolute atomic E-state index is 11.8. The number of carbonyl (C=O) groups excluding carboxylic acids is 1. The van der Waals surface area contributed by atoms with Crippen LogP contribution < -0.4 is 0 Å². The largest absolute Gasteiger partial charge is 0.282 e. The Bertz CT molecular complexity index is 295. The number of amides is 1. The Morgan fingerprint density at radius 3 is 2.39 bits per heavy atom. The maximum Gasteiger partial charge on any atom is 0.282 e. The van der Waals surface area contributed by atoms with Gasteiger partial charge in [0.15, 0.2) is 0 Å². The van der Waals surface area contributed by atoms with Crippen molar-refractivity contribution in [3.05, 3.63) is 10.5 Å². The van der Waals surface area contributed by atoms with E-state index in [2.05, 4.69) is 39.4 Å². The fraction of sp³-hybridized carbons (Fsp3) is 0.733. The molecule has 3 heteroatoms. The Kier molecular flexibility index (Phi) is 10.0. The molecule has 1 amide bonds. The molecule has 0 spiro atoms. The van der Waals surface area contributed by atoms with E-state index in [1.807, 2.05) is 0 Å². The van der Waals surface area contributed by atoms with E-state index >= 15 is 0 Å². The van der Waals surface area contributed by atoms with E-state index in [1.54, 1.807) is 11.8 Å². The lowest BCUT2D eigenvalue weighted by molar-refractivity contribution is -0.113. The van der Waals surface area contributed by atoms with Gasteiger partial charge in [0.05, 0.1) is 4.91 Å². The zero-order valence-electron chi connectivity index (χ0n) is 12.3. The lowest BCUT2D eigenvalue weighted by atomic mass is 10.0. The molecule has 0 bridgehead atoms. The van der Waals surface area contributed by atoms with E-state index in [0.717, 1.165) is 29.9 Å². The number of aliphatic imine (C=N–C) groups is 1. The van der Waals surface area contributed by atoms with Crippen LogP contribution in [0.1, 0.15) is 59.8 Å². The van der Waals surface area contributed by atoms with E-state index in [4.69, 9.17) is 0 Å². The molecule has 0 aromatic heterocycles. The van der Waals surface area contributed by atoms with Gasteiger partial charge in [0.1, 0.15) is 0 Å². The van der Waals surface area contributed by atoms with Crippen molar-refractivity contribution in [3.8, 4) is 0 Å². The summed E-state index contributed by atoms with van der Waals surface area (Å²) in [5.41, 5.74) is 1.26. The molecule has 0 rings (SSSR count). The molecule has 0 atom stereocenters. The SMILES string of the molecule is C=NC(=O)/C(SCC(C)C)=C(\CC)CCCCC. The van der Waals surface area contributed by atoms with E-state index in [0.29, 0.717) is 5.92 Å². The van der Waals surface area contributed by atoms with Gasteiger partial charge in [0.2, 0.25) is 0 Å². The van der Waals surface area contributed by atoms with Crippen molar-refractivity contribution >= 4 is 24.4 Å². The van der Waals surface area contributed by atoms with Crippen LogP contribution in [0.3, 0.4) is 0 Å². The van der Waals surface area contributed by atoms with Gasteiger partial charge in [-0.25, -0.2) is 4.99 Å². The smallest absolute Gasteiger partial charge is 0.266 e. The summed E-state index contributed by atoms with van der Waals surface area (Å²) in [6, 6.07) is 0. The maximum atomic E-state index is 11.8. The minimum absolute atomic E-state index is 0.144. The van der Waals surface area contributed by atoms with Gasteiger partial charge in [0.25, 0.3) is 5.91 Å². The van der Waals surface area contributed by atoms with Crippen LogP contribution in [-0.2, 0) is 4.79 Å². The zero-order valence-corrected chi connectivity index (χ0v) is 13.1. The number of unbranched alkanes of at least 4 members (excludes halogenated alkanes) is 2. The third-order valence-electron chi connectivity index (χ3n) is 2.73. The summed E-state index contributed by atoms with van der Waals surface area (Å²) < 4.78 is 0. The van der Waals surface area contributed by atoms with Crippen molar-refractivity contribution in [1.82, 2.24) is 0 Å². The first kappa shape index (κ1) is 17.4. The van der Waals surface area contributed by atoms with Crippen molar-refractivity contribution in [3.63, 3.8) is 0 Å². The lowest BCUT2D eigenvalue weighted by Gasteiger charge is -2.12. The van der Waals surface area contributed by atoms with E-state index in [1.165, 1.54) is 18.4 Å². The van der Waals surface area contributed by atoms with Crippen LogP contribution in [0.5, 0.6) is 0 Å². The predicted molar refractivity (Wildman–Crippen MR) is 83.3 cm³/mol. The van der Waals surface area contributed by atoms with Crippen LogP contribution in [0.4, 0.5) is 0 Å². The minimum Gasteiger partial charge on any atom is -0.266 e. The highest BCUT2D eigenvalue weighted by molar-refractivity contribution is 8.04. The number of allylic oxidation sites excluding steroid dienone is 1. The van der Waals surface area contributed by atoms with Crippen molar-refractivity contribution < 1.29 is 4.79 Å². The quantitative estimate of drug-likeness (QED) is 0.340. The summed E-state index contributed by atoms with van der Waals surface area (Å²) >= 11 is 1.65. The van der Waals surface area contributed by atoms with E-state index in [-0.39, 0.29) is 5.91 Å². The second kappa shape index (κ2) is 10.4. The van der Waals surface area contributed by atoms with Gasteiger partial charge in [-0.3, -0.25) is 4.79 Å². The molecule has 0 N–H and O–H groups in total. The molecule has 0 unspecified atom stereocenters. The van der Waals surface area contributed by atoms with Crippen LogP contribution in [0.25, 0.3) is 0 Å². The molecule has 0 radical (unpaired) electrons. The highest BCUT2D eigenvalue weighted by Crippen LogP contribution is 2.28. The van der Waals surface area contributed by atoms with Crippen LogP contribution in [0.2, 0.25) is 0 Å². The summed E-state index contributed by atoms with van der Waals surface area (Å²) in [4.78, 5) is 16.3. The normalized spacial score (nSPS) is 12.5. The molecule has 104 valence electrons. The first-order valence-corrected chi connectivity index (χ1v) is 7.91.